The van der Waals surface area contributed by atoms with Crippen molar-refractivity contribution in [1.82, 2.24) is 0 Å². The highest BCUT2D eigenvalue weighted by molar-refractivity contribution is 5.74. The number of allylic oxidation sites excluding steroid dienone is 1. The van der Waals surface area contributed by atoms with Gasteiger partial charge in [0.25, 0.3) is 0 Å². The van der Waals surface area contributed by atoms with E-state index in [0.29, 0.717) is 6.61 Å². The van der Waals surface area contributed by atoms with Gasteiger partial charge in [-0.05, 0) is 19.8 Å². The van der Waals surface area contributed by atoms with Gasteiger partial charge in [0.1, 0.15) is 12.6 Å². The van der Waals surface area contributed by atoms with E-state index in [4.69, 9.17) is 10.5 Å². The van der Waals surface area contributed by atoms with Crippen molar-refractivity contribution < 1.29 is 9.53 Å². The van der Waals surface area contributed by atoms with Crippen molar-refractivity contribution in [3.63, 3.8) is 0 Å². The molecule has 3 heteroatoms. The molecular formula is C14H27NO2. The Kier molecular flexibility index (Phi) is 11.1. The van der Waals surface area contributed by atoms with Crippen LogP contribution in [0.5, 0.6) is 0 Å². The number of unbranched alkanes of at least 4 members (excludes halogenated alkanes) is 6. The van der Waals surface area contributed by atoms with E-state index in [1.54, 1.807) is 6.92 Å². The minimum Gasteiger partial charge on any atom is -0.460 e. The van der Waals surface area contributed by atoms with Gasteiger partial charge in [0.15, 0.2) is 0 Å². The monoisotopic (exact) mass is 241 g/mol. The summed E-state index contributed by atoms with van der Waals surface area (Å²) in [5.41, 5.74) is 5.36. The van der Waals surface area contributed by atoms with Crippen LogP contribution in [0.4, 0.5) is 0 Å². The molecule has 0 aromatic rings. The second-order valence-electron chi connectivity index (χ2n) is 4.45. The Labute approximate surface area is 105 Å². The number of rotatable bonds is 10. The number of carbonyl (C=O) groups is 1. The van der Waals surface area contributed by atoms with Crippen molar-refractivity contribution in [3.8, 4) is 0 Å². The first-order chi connectivity index (χ1) is 8.18. The Bertz CT molecular complexity index is 212. The molecule has 100 valence electrons. The van der Waals surface area contributed by atoms with E-state index < -0.39 is 6.04 Å². The Balaban J connectivity index is 3.23. The maximum Gasteiger partial charge on any atom is 0.322 e. The van der Waals surface area contributed by atoms with E-state index in [1.165, 1.54) is 38.5 Å². The van der Waals surface area contributed by atoms with Gasteiger partial charge in [0.2, 0.25) is 0 Å². The summed E-state index contributed by atoms with van der Waals surface area (Å²) in [6.07, 6.45) is 12.9. The van der Waals surface area contributed by atoms with Gasteiger partial charge in [-0.25, -0.2) is 0 Å². The predicted molar refractivity (Wildman–Crippen MR) is 71.7 cm³/mol. The van der Waals surface area contributed by atoms with Crippen molar-refractivity contribution in [3.05, 3.63) is 12.2 Å². The van der Waals surface area contributed by atoms with Crippen LogP contribution < -0.4 is 5.73 Å². The fraction of sp³-hybridized carbons (Fsp3) is 0.786. The molecule has 0 aromatic carbocycles. The van der Waals surface area contributed by atoms with Crippen molar-refractivity contribution in [2.24, 2.45) is 5.73 Å². The molecule has 1 unspecified atom stereocenters. The topological polar surface area (TPSA) is 52.3 Å². The molecular weight excluding hydrogens is 214 g/mol. The molecule has 2 N–H and O–H groups in total. The molecule has 0 aliphatic heterocycles. The molecule has 0 spiro atoms. The molecule has 0 saturated heterocycles. The third kappa shape index (κ3) is 11.4. The van der Waals surface area contributed by atoms with Crippen LogP contribution in [0.1, 0.15) is 58.8 Å². The summed E-state index contributed by atoms with van der Waals surface area (Å²) >= 11 is 0. The molecule has 0 aromatic heterocycles. The van der Waals surface area contributed by atoms with E-state index in [2.05, 4.69) is 13.0 Å². The minimum absolute atomic E-state index is 0.339. The number of esters is 1. The first-order valence-electron chi connectivity index (χ1n) is 6.75. The molecule has 0 saturated carbocycles. The molecule has 0 bridgehead atoms. The SMILES string of the molecule is CCCCCCCCC=CCOC(=O)C(C)N. The zero-order valence-electron chi connectivity index (χ0n) is 11.3. The summed E-state index contributed by atoms with van der Waals surface area (Å²) in [5.74, 6) is -0.339. The van der Waals surface area contributed by atoms with Gasteiger partial charge < -0.3 is 10.5 Å². The van der Waals surface area contributed by atoms with Crippen LogP contribution in [-0.4, -0.2) is 18.6 Å². The van der Waals surface area contributed by atoms with Crippen molar-refractivity contribution in [1.29, 1.82) is 0 Å². The second-order valence-corrected chi connectivity index (χ2v) is 4.45. The van der Waals surface area contributed by atoms with Crippen LogP contribution in [0.15, 0.2) is 12.2 Å². The largest absolute Gasteiger partial charge is 0.460 e. The van der Waals surface area contributed by atoms with Gasteiger partial charge in [0.05, 0.1) is 0 Å². The summed E-state index contributed by atoms with van der Waals surface area (Å²) < 4.78 is 4.91. The molecule has 1 atom stereocenters. The van der Waals surface area contributed by atoms with E-state index in [9.17, 15) is 4.79 Å². The van der Waals surface area contributed by atoms with Gasteiger partial charge >= 0.3 is 5.97 Å². The summed E-state index contributed by atoms with van der Waals surface area (Å²) in [6.45, 7) is 4.20. The van der Waals surface area contributed by atoms with Crippen LogP contribution in [-0.2, 0) is 9.53 Å². The first kappa shape index (κ1) is 16.2. The Hall–Kier alpha value is -0.830. The molecule has 0 rings (SSSR count). The quantitative estimate of drug-likeness (QED) is 0.363. The maximum atomic E-state index is 11.0. The lowest BCUT2D eigenvalue weighted by molar-refractivity contribution is -0.143. The fourth-order valence-electron chi connectivity index (χ4n) is 1.49. The highest BCUT2D eigenvalue weighted by Crippen LogP contribution is 2.07. The number of ether oxygens (including phenoxy) is 1. The summed E-state index contributed by atoms with van der Waals surface area (Å²) in [5, 5.41) is 0. The lowest BCUT2D eigenvalue weighted by Crippen LogP contribution is -2.28. The van der Waals surface area contributed by atoms with E-state index in [-0.39, 0.29) is 5.97 Å². The van der Waals surface area contributed by atoms with Crippen molar-refractivity contribution in [2.45, 2.75) is 64.8 Å². The van der Waals surface area contributed by atoms with Crippen LogP contribution >= 0.6 is 0 Å². The van der Waals surface area contributed by atoms with Gasteiger partial charge in [-0.3, -0.25) is 4.79 Å². The Morgan fingerprint density at radius 1 is 1.18 bits per heavy atom. The van der Waals surface area contributed by atoms with E-state index in [1.807, 2.05) is 6.08 Å². The normalized spacial score (nSPS) is 12.9. The number of hydrogen-bond acceptors (Lipinski definition) is 3. The highest BCUT2D eigenvalue weighted by atomic mass is 16.5. The third-order valence-electron chi connectivity index (χ3n) is 2.58. The van der Waals surface area contributed by atoms with E-state index in [0.717, 1.165) is 6.42 Å². The third-order valence-corrected chi connectivity index (χ3v) is 2.58. The van der Waals surface area contributed by atoms with E-state index >= 15 is 0 Å². The second kappa shape index (κ2) is 11.6. The van der Waals surface area contributed by atoms with Crippen molar-refractivity contribution >= 4 is 5.97 Å². The summed E-state index contributed by atoms with van der Waals surface area (Å²) in [7, 11) is 0. The Morgan fingerprint density at radius 2 is 1.82 bits per heavy atom. The lowest BCUT2D eigenvalue weighted by atomic mass is 10.1. The standard InChI is InChI=1S/C14H27NO2/c1-3-4-5-6-7-8-9-10-11-12-17-14(16)13(2)15/h10-11,13H,3-9,12,15H2,1-2H3. The fourth-order valence-corrected chi connectivity index (χ4v) is 1.49. The first-order valence-corrected chi connectivity index (χ1v) is 6.75. The minimum atomic E-state index is -0.526. The molecule has 17 heavy (non-hydrogen) atoms. The molecule has 0 fully saturated rings. The number of carbonyl (C=O) groups excluding carboxylic acids is 1. The average molecular weight is 241 g/mol. The zero-order chi connectivity index (χ0) is 12.9. The number of hydrogen-bond donors (Lipinski definition) is 1. The van der Waals surface area contributed by atoms with Crippen molar-refractivity contribution in [2.75, 3.05) is 6.61 Å². The van der Waals surface area contributed by atoms with Gasteiger partial charge in [-0.1, -0.05) is 51.2 Å². The molecule has 0 aliphatic carbocycles. The van der Waals surface area contributed by atoms with Gasteiger partial charge in [0, 0.05) is 0 Å². The van der Waals surface area contributed by atoms with Crippen LogP contribution in [0, 0.1) is 0 Å². The average Bonchev–Trinajstić information content (AvgIpc) is 2.31. The predicted octanol–water partition coefficient (Wildman–Crippen LogP) is 3.18. The smallest absolute Gasteiger partial charge is 0.322 e. The Morgan fingerprint density at radius 3 is 2.47 bits per heavy atom. The zero-order valence-corrected chi connectivity index (χ0v) is 11.3. The molecule has 0 heterocycles. The molecule has 0 aliphatic rings. The number of nitrogens with two attached hydrogens (primary N) is 1. The van der Waals surface area contributed by atoms with Gasteiger partial charge in [-0.2, -0.15) is 0 Å². The van der Waals surface area contributed by atoms with Crippen LogP contribution in [0.25, 0.3) is 0 Å². The molecule has 0 radical (unpaired) electrons. The van der Waals surface area contributed by atoms with Gasteiger partial charge in [-0.15, -0.1) is 0 Å². The maximum absolute atomic E-state index is 11.0. The molecule has 0 amide bonds. The van der Waals surface area contributed by atoms with Crippen LogP contribution in [0.3, 0.4) is 0 Å². The van der Waals surface area contributed by atoms with Crippen LogP contribution in [0.2, 0.25) is 0 Å². The molecule has 3 nitrogen and oxygen atoms in total. The summed E-state index contributed by atoms with van der Waals surface area (Å²) in [6, 6.07) is -0.526. The lowest BCUT2D eigenvalue weighted by Gasteiger charge is -2.03. The highest BCUT2D eigenvalue weighted by Gasteiger charge is 2.06. The summed E-state index contributed by atoms with van der Waals surface area (Å²) in [4.78, 5) is 11.0.